The minimum absolute atomic E-state index is 0.0946. The second-order valence-corrected chi connectivity index (χ2v) is 6.82. The Balaban J connectivity index is 3.10. The van der Waals surface area contributed by atoms with Crippen LogP contribution in [0.4, 0.5) is 0 Å². The van der Waals surface area contributed by atoms with Gasteiger partial charge in [-0.3, -0.25) is 9.59 Å². The van der Waals surface area contributed by atoms with Crippen LogP contribution in [0.5, 0.6) is 0 Å². The summed E-state index contributed by atoms with van der Waals surface area (Å²) in [5.74, 6) is -0.333. The molecule has 0 saturated heterocycles. The van der Waals surface area contributed by atoms with Crippen LogP contribution in [-0.4, -0.2) is 17.9 Å². The largest absolute Gasteiger partial charge is 0.368 e. The van der Waals surface area contributed by atoms with Gasteiger partial charge in [-0.1, -0.05) is 52.0 Å². The zero-order valence-electron chi connectivity index (χ0n) is 15.4. The molecule has 2 unspecified atom stereocenters. The first kappa shape index (κ1) is 19.9. The fraction of sp³-hybridized carbons (Fsp3) is 0.500. The SMILES string of the molecule is CCC(C)/C(=C\c1ccccc1C)C(=O)NC(CC(C)C)C(N)=O. The minimum atomic E-state index is -0.637. The molecule has 2 atom stereocenters. The number of nitrogens with two attached hydrogens (primary N) is 1. The van der Waals surface area contributed by atoms with Gasteiger partial charge in [0.05, 0.1) is 0 Å². The van der Waals surface area contributed by atoms with Crippen LogP contribution in [-0.2, 0) is 9.59 Å². The Hall–Kier alpha value is -2.10. The molecule has 132 valence electrons. The lowest BCUT2D eigenvalue weighted by atomic mass is 9.93. The van der Waals surface area contributed by atoms with Gasteiger partial charge in [-0.2, -0.15) is 0 Å². The summed E-state index contributed by atoms with van der Waals surface area (Å²) in [5.41, 5.74) is 8.25. The van der Waals surface area contributed by atoms with Crippen molar-refractivity contribution in [2.24, 2.45) is 17.6 Å². The van der Waals surface area contributed by atoms with Crippen molar-refractivity contribution in [2.45, 2.75) is 53.5 Å². The van der Waals surface area contributed by atoms with Crippen LogP contribution in [0.3, 0.4) is 0 Å². The van der Waals surface area contributed by atoms with Gasteiger partial charge in [0, 0.05) is 5.57 Å². The predicted octanol–water partition coefficient (Wildman–Crippen LogP) is 3.44. The highest BCUT2D eigenvalue weighted by Gasteiger charge is 2.23. The van der Waals surface area contributed by atoms with Crippen LogP contribution >= 0.6 is 0 Å². The smallest absolute Gasteiger partial charge is 0.248 e. The molecule has 0 aliphatic heterocycles. The van der Waals surface area contributed by atoms with E-state index in [4.69, 9.17) is 5.73 Å². The normalized spacial score (nSPS) is 14.3. The van der Waals surface area contributed by atoms with Gasteiger partial charge in [-0.05, 0) is 48.8 Å². The van der Waals surface area contributed by atoms with E-state index >= 15 is 0 Å². The van der Waals surface area contributed by atoms with Crippen LogP contribution < -0.4 is 11.1 Å². The molecule has 0 aromatic heterocycles. The molecular formula is C20H30N2O2. The summed E-state index contributed by atoms with van der Waals surface area (Å²) in [7, 11) is 0. The van der Waals surface area contributed by atoms with Gasteiger partial charge in [-0.25, -0.2) is 0 Å². The third-order valence-electron chi connectivity index (χ3n) is 4.26. The molecule has 0 aliphatic rings. The Morgan fingerprint density at radius 2 is 1.83 bits per heavy atom. The zero-order chi connectivity index (χ0) is 18.3. The summed E-state index contributed by atoms with van der Waals surface area (Å²) in [6.07, 6.45) is 3.31. The summed E-state index contributed by atoms with van der Waals surface area (Å²) >= 11 is 0. The van der Waals surface area contributed by atoms with Gasteiger partial charge < -0.3 is 11.1 Å². The molecule has 0 fully saturated rings. The number of rotatable bonds is 8. The number of carbonyl (C=O) groups excluding carboxylic acids is 2. The molecule has 1 aromatic rings. The van der Waals surface area contributed by atoms with E-state index in [0.29, 0.717) is 12.0 Å². The standard InChI is InChI=1S/C20H30N2O2/c1-6-14(4)17(12-16-10-8-7-9-15(16)5)20(24)22-18(19(21)23)11-13(2)3/h7-10,12-14,18H,6,11H2,1-5H3,(H2,21,23)(H,22,24)/b17-12+. The van der Waals surface area contributed by atoms with Gasteiger partial charge in [0.2, 0.25) is 11.8 Å². The van der Waals surface area contributed by atoms with Crippen LogP contribution in [0.1, 0.15) is 51.7 Å². The van der Waals surface area contributed by atoms with E-state index in [1.54, 1.807) is 0 Å². The number of nitrogens with one attached hydrogen (secondary N) is 1. The fourth-order valence-electron chi connectivity index (χ4n) is 2.53. The molecule has 0 radical (unpaired) electrons. The quantitative estimate of drug-likeness (QED) is 0.717. The van der Waals surface area contributed by atoms with E-state index in [0.717, 1.165) is 17.5 Å². The molecule has 0 heterocycles. The van der Waals surface area contributed by atoms with Crippen molar-refractivity contribution in [3.63, 3.8) is 0 Å². The number of primary amides is 1. The minimum Gasteiger partial charge on any atom is -0.368 e. The van der Waals surface area contributed by atoms with Gasteiger partial charge in [0.15, 0.2) is 0 Å². The van der Waals surface area contributed by atoms with Gasteiger partial charge in [0.25, 0.3) is 0 Å². The second-order valence-electron chi connectivity index (χ2n) is 6.82. The highest BCUT2D eigenvalue weighted by Crippen LogP contribution is 2.21. The van der Waals surface area contributed by atoms with Crippen molar-refractivity contribution in [1.29, 1.82) is 0 Å². The molecular weight excluding hydrogens is 300 g/mol. The third-order valence-corrected chi connectivity index (χ3v) is 4.26. The van der Waals surface area contributed by atoms with E-state index < -0.39 is 11.9 Å². The highest BCUT2D eigenvalue weighted by molar-refractivity contribution is 6.00. The molecule has 1 aromatic carbocycles. The number of hydrogen-bond acceptors (Lipinski definition) is 2. The van der Waals surface area contributed by atoms with Crippen molar-refractivity contribution in [3.05, 3.63) is 41.0 Å². The van der Waals surface area contributed by atoms with Gasteiger partial charge >= 0.3 is 0 Å². The summed E-state index contributed by atoms with van der Waals surface area (Å²) in [6, 6.07) is 7.30. The van der Waals surface area contributed by atoms with E-state index in [9.17, 15) is 9.59 Å². The van der Waals surface area contributed by atoms with Crippen LogP contribution in [0, 0.1) is 18.8 Å². The number of hydrogen-bond donors (Lipinski definition) is 2. The average molecular weight is 330 g/mol. The Kier molecular flexibility index (Phi) is 7.69. The van der Waals surface area contributed by atoms with Gasteiger partial charge in [0.1, 0.15) is 6.04 Å². The molecule has 1 rings (SSSR count). The third kappa shape index (κ3) is 5.84. The number of amides is 2. The Morgan fingerprint density at radius 1 is 1.21 bits per heavy atom. The summed E-state index contributed by atoms with van der Waals surface area (Å²) in [5, 5.41) is 2.82. The summed E-state index contributed by atoms with van der Waals surface area (Å²) in [6.45, 7) is 10.1. The van der Waals surface area contributed by atoms with Crippen molar-refractivity contribution >= 4 is 17.9 Å². The van der Waals surface area contributed by atoms with Crippen molar-refractivity contribution in [2.75, 3.05) is 0 Å². The first-order valence-corrected chi connectivity index (χ1v) is 8.63. The lowest BCUT2D eigenvalue weighted by Crippen LogP contribution is -2.46. The van der Waals surface area contributed by atoms with Crippen molar-refractivity contribution < 1.29 is 9.59 Å². The lowest BCUT2D eigenvalue weighted by molar-refractivity contribution is -0.126. The number of aryl methyl sites for hydroxylation is 1. The van der Waals surface area contributed by atoms with E-state index in [2.05, 4.69) is 5.32 Å². The number of benzene rings is 1. The lowest BCUT2D eigenvalue weighted by Gasteiger charge is -2.21. The van der Waals surface area contributed by atoms with Crippen LogP contribution in [0.2, 0.25) is 0 Å². The van der Waals surface area contributed by atoms with E-state index in [1.807, 2.05) is 65.0 Å². The molecule has 0 spiro atoms. The van der Waals surface area contributed by atoms with Crippen LogP contribution in [0.15, 0.2) is 29.8 Å². The summed E-state index contributed by atoms with van der Waals surface area (Å²) < 4.78 is 0. The fourth-order valence-corrected chi connectivity index (χ4v) is 2.53. The Labute approximate surface area is 145 Å². The molecule has 4 heteroatoms. The second kappa shape index (κ2) is 9.26. The Bertz CT molecular complexity index is 605. The monoisotopic (exact) mass is 330 g/mol. The predicted molar refractivity (Wildman–Crippen MR) is 99.2 cm³/mol. The number of carbonyl (C=O) groups is 2. The van der Waals surface area contributed by atoms with Gasteiger partial charge in [-0.15, -0.1) is 0 Å². The molecule has 0 saturated carbocycles. The highest BCUT2D eigenvalue weighted by atomic mass is 16.2. The zero-order valence-corrected chi connectivity index (χ0v) is 15.4. The van der Waals surface area contributed by atoms with E-state index in [1.165, 1.54) is 0 Å². The Morgan fingerprint density at radius 3 is 2.33 bits per heavy atom. The van der Waals surface area contributed by atoms with E-state index in [-0.39, 0.29) is 17.7 Å². The average Bonchev–Trinajstić information content (AvgIpc) is 2.52. The first-order chi connectivity index (χ1) is 11.3. The molecule has 3 N–H and O–H groups in total. The molecule has 4 nitrogen and oxygen atoms in total. The first-order valence-electron chi connectivity index (χ1n) is 8.63. The molecule has 0 bridgehead atoms. The molecule has 24 heavy (non-hydrogen) atoms. The van der Waals surface area contributed by atoms with Crippen molar-refractivity contribution in [3.8, 4) is 0 Å². The van der Waals surface area contributed by atoms with Crippen LogP contribution in [0.25, 0.3) is 6.08 Å². The maximum Gasteiger partial charge on any atom is 0.248 e. The maximum atomic E-state index is 12.8. The molecule has 2 amide bonds. The topological polar surface area (TPSA) is 72.2 Å². The summed E-state index contributed by atoms with van der Waals surface area (Å²) in [4.78, 5) is 24.4. The molecule has 0 aliphatic carbocycles. The maximum absolute atomic E-state index is 12.8. The van der Waals surface area contributed by atoms with Crippen molar-refractivity contribution in [1.82, 2.24) is 5.32 Å².